The average Bonchev–Trinajstić information content (AvgIpc) is 3.12. The van der Waals surface area contributed by atoms with Gasteiger partial charge in [0.1, 0.15) is 23.5 Å². The van der Waals surface area contributed by atoms with Crippen LogP contribution < -0.4 is 4.90 Å². The lowest BCUT2D eigenvalue weighted by atomic mass is 10.2. The van der Waals surface area contributed by atoms with Crippen LogP contribution >= 0.6 is 0 Å². The van der Waals surface area contributed by atoms with Crippen molar-refractivity contribution in [2.24, 2.45) is 0 Å². The summed E-state index contributed by atoms with van der Waals surface area (Å²) in [6.45, 7) is 2.71. The molecule has 0 saturated carbocycles. The van der Waals surface area contributed by atoms with E-state index in [4.69, 9.17) is 9.26 Å². The zero-order chi connectivity index (χ0) is 16.4. The normalized spacial score (nSPS) is 14.8. The molecule has 2 aromatic heterocycles. The van der Waals surface area contributed by atoms with Crippen LogP contribution in [0.4, 0.5) is 10.2 Å². The molecule has 0 bridgehead atoms. The monoisotopic (exact) mass is 327 g/mol. The largest absolute Gasteiger partial charge is 0.378 e. The molecule has 1 aliphatic rings. The van der Waals surface area contributed by atoms with Crippen molar-refractivity contribution in [2.75, 3.05) is 31.2 Å². The highest BCUT2D eigenvalue weighted by Crippen LogP contribution is 2.29. The van der Waals surface area contributed by atoms with Crippen LogP contribution in [0.25, 0.3) is 22.8 Å². The van der Waals surface area contributed by atoms with Gasteiger partial charge in [0.05, 0.1) is 18.8 Å². The molecule has 0 radical (unpaired) electrons. The van der Waals surface area contributed by atoms with Gasteiger partial charge in [-0.1, -0.05) is 17.3 Å². The highest BCUT2D eigenvalue weighted by Gasteiger charge is 2.21. The first-order valence-corrected chi connectivity index (χ1v) is 7.54. The Morgan fingerprint density at radius 1 is 1.08 bits per heavy atom. The number of morpholine rings is 1. The maximum Gasteiger partial charge on any atom is 0.263 e. The van der Waals surface area contributed by atoms with E-state index in [-0.39, 0.29) is 17.3 Å². The number of halogens is 1. The standard InChI is InChI=1S/C16H14FN5O2/c17-13-4-2-1-3-11(13)14-20-16(24-21-14)12-9-18-10-19-15(12)22-5-7-23-8-6-22/h1-4,9-10H,5-8H2. The molecule has 7 nitrogen and oxygen atoms in total. The molecule has 4 rings (SSSR count). The number of hydrogen-bond donors (Lipinski definition) is 0. The van der Waals surface area contributed by atoms with E-state index in [9.17, 15) is 4.39 Å². The summed E-state index contributed by atoms with van der Waals surface area (Å²) in [6, 6.07) is 6.30. The quantitative estimate of drug-likeness (QED) is 0.729. The minimum Gasteiger partial charge on any atom is -0.378 e. The van der Waals surface area contributed by atoms with Gasteiger partial charge in [0.25, 0.3) is 5.89 Å². The number of anilines is 1. The lowest BCUT2D eigenvalue weighted by Crippen LogP contribution is -2.37. The summed E-state index contributed by atoms with van der Waals surface area (Å²) in [6.07, 6.45) is 3.10. The molecule has 3 heterocycles. The van der Waals surface area contributed by atoms with Crippen LogP contribution in [0.15, 0.2) is 41.3 Å². The number of ether oxygens (including phenoxy) is 1. The number of aromatic nitrogens is 4. The summed E-state index contributed by atoms with van der Waals surface area (Å²) in [4.78, 5) is 14.8. The van der Waals surface area contributed by atoms with Gasteiger partial charge in [-0.2, -0.15) is 4.98 Å². The van der Waals surface area contributed by atoms with Crippen molar-refractivity contribution >= 4 is 5.82 Å². The maximum atomic E-state index is 13.9. The molecule has 0 amide bonds. The molecule has 24 heavy (non-hydrogen) atoms. The van der Waals surface area contributed by atoms with Crippen LogP contribution in [-0.4, -0.2) is 46.4 Å². The van der Waals surface area contributed by atoms with Crippen molar-refractivity contribution in [3.05, 3.63) is 42.6 Å². The van der Waals surface area contributed by atoms with Crippen LogP contribution in [0.1, 0.15) is 0 Å². The van der Waals surface area contributed by atoms with Gasteiger partial charge in [-0.15, -0.1) is 0 Å². The van der Waals surface area contributed by atoms with E-state index >= 15 is 0 Å². The van der Waals surface area contributed by atoms with Gasteiger partial charge in [0, 0.05) is 19.3 Å². The predicted octanol–water partition coefficient (Wildman–Crippen LogP) is 2.17. The van der Waals surface area contributed by atoms with E-state index in [0.717, 1.165) is 13.1 Å². The summed E-state index contributed by atoms with van der Waals surface area (Å²) in [7, 11) is 0. The Labute approximate surface area is 137 Å². The van der Waals surface area contributed by atoms with Crippen molar-refractivity contribution in [3.8, 4) is 22.8 Å². The summed E-state index contributed by atoms with van der Waals surface area (Å²) in [5, 5.41) is 3.89. The second kappa shape index (κ2) is 6.32. The van der Waals surface area contributed by atoms with Gasteiger partial charge < -0.3 is 14.2 Å². The maximum absolute atomic E-state index is 13.9. The first kappa shape index (κ1) is 14.7. The fourth-order valence-corrected chi connectivity index (χ4v) is 2.59. The Hall–Kier alpha value is -2.87. The fraction of sp³-hybridized carbons (Fsp3) is 0.250. The molecular weight excluding hydrogens is 313 g/mol. The average molecular weight is 327 g/mol. The van der Waals surface area contributed by atoms with Crippen LogP contribution in [0.3, 0.4) is 0 Å². The Morgan fingerprint density at radius 2 is 1.92 bits per heavy atom. The van der Waals surface area contributed by atoms with Crippen molar-refractivity contribution < 1.29 is 13.7 Å². The molecule has 0 atom stereocenters. The van der Waals surface area contributed by atoms with E-state index in [1.165, 1.54) is 12.4 Å². The topological polar surface area (TPSA) is 77.2 Å². The molecule has 0 spiro atoms. The zero-order valence-electron chi connectivity index (χ0n) is 12.7. The SMILES string of the molecule is Fc1ccccc1-c1noc(-c2cncnc2N2CCOCC2)n1. The molecule has 1 saturated heterocycles. The molecular formula is C16H14FN5O2. The second-order valence-corrected chi connectivity index (χ2v) is 5.26. The lowest BCUT2D eigenvalue weighted by molar-refractivity contribution is 0.122. The van der Waals surface area contributed by atoms with Gasteiger partial charge in [-0.05, 0) is 12.1 Å². The third-order valence-electron chi connectivity index (χ3n) is 3.77. The third-order valence-corrected chi connectivity index (χ3v) is 3.77. The minimum atomic E-state index is -0.400. The van der Waals surface area contributed by atoms with Crippen LogP contribution in [0.2, 0.25) is 0 Å². The van der Waals surface area contributed by atoms with Gasteiger partial charge in [-0.25, -0.2) is 14.4 Å². The second-order valence-electron chi connectivity index (χ2n) is 5.26. The van der Waals surface area contributed by atoms with Crippen molar-refractivity contribution in [2.45, 2.75) is 0 Å². The first-order chi connectivity index (χ1) is 11.8. The van der Waals surface area contributed by atoms with Crippen molar-refractivity contribution in [1.29, 1.82) is 0 Å². The Bertz CT molecular complexity index is 848. The zero-order valence-corrected chi connectivity index (χ0v) is 12.7. The van der Waals surface area contributed by atoms with Gasteiger partial charge in [-0.3, -0.25) is 0 Å². The molecule has 1 fully saturated rings. The molecule has 0 N–H and O–H groups in total. The number of benzene rings is 1. The van der Waals surface area contributed by atoms with E-state index in [1.54, 1.807) is 24.4 Å². The highest BCUT2D eigenvalue weighted by atomic mass is 19.1. The molecule has 3 aromatic rings. The Balaban J connectivity index is 1.71. The van der Waals surface area contributed by atoms with Crippen molar-refractivity contribution in [3.63, 3.8) is 0 Å². The lowest BCUT2D eigenvalue weighted by Gasteiger charge is -2.28. The number of hydrogen-bond acceptors (Lipinski definition) is 7. The Kier molecular flexibility index (Phi) is 3.87. The predicted molar refractivity (Wildman–Crippen MR) is 83.8 cm³/mol. The molecule has 1 aromatic carbocycles. The Morgan fingerprint density at radius 3 is 2.75 bits per heavy atom. The molecule has 122 valence electrons. The number of rotatable bonds is 3. The van der Waals surface area contributed by atoms with E-state index in [1.807, 2.05) is 0 Å². The molecule has 8 heteroatoms. The number of nitrogens with zero attached hydrogens (tertiary/aromatic N) is 5. The van der Waals surface area contributed by atoms with Gasteiger partial charge in [0.2, 0.25) is 5.82 Å². The van der Waals surface area contributed by atoms with Crippen LogP contribution in [0, 0.1) is 5.82 Å². The van der Waals surface area contributed by atoms with E-state index in [0.29, 0.717) is 24.6 Å². The first-order valence-electron chi connectivity index (χ1n) is 7.54. The van der Waals surface area contributed by atoms with Gasteiger partial charge in [0.15, 0.2) is 0 Å². The molecule has 1 aliphatic heterocycles. The summed E-state index contributed by atoms with van der Waals surface area (Å²) in [5.74, 6) is 0.759. The summed E-state index contributed by atoms with van der Waals surface area (Å²) >= 11 is 0. The summed E-state index contributed by atoms with van der Waals surface area (Å²) in [5.41, 5.74) is 0.909. The van der Waals surface area contributed by atoms with E-state index in [2.05, 4.69) is 25.0 Å². The smallest absolute Gasteiger partial charge is 0.263 e. The highest BCUT2D eigenvalue weighted by molar-refractivity contribution is 5.70. The molecule has 0 unspecified atom stereocenters. The summed E-state index contributed by atoms with van der Waals surface area (Å²) < 4.78 is 24.6. The van der Waals surface area contributed by atoms with Crippen molar-refractivity contribution in [1.82, 2.24) is 20.1 Å². The third kappa shape index (κ3) is 2.71. The van der Waals surface area contributed by atoms with Gasteiger partial charge >= 0.3 is 0 Å². The fourth-order valence-electron chi connectivity index (χ4n) is 2.59. The van der Waals surface area contributed by atoms with Crippen LogP contribution in [0.5, 0.6) is 0 Å². The van der Waals surface area contributed by atoms with E-state index < -0.39 is 5.82 Å². The van der Waals surface area contributed by atoms with Crippen LogP contribution in [-0.2, 0) is 4.74 Å². The minimum absolute atomic E-state index is 0.194. The molecule has 0 aliphatic carbocycles.